The van der Waals surface area contributed by atoms with Gasteiger partial charge in [0.25, 0.3) is 11.6 Å². The lowest BCUT2D eigenvalue weighted by Gasteiger charge is -2.15. The number of nitro benzene ring substituents is 1. The number of hydrogen-bond acceptors (Lipinski definition) is 4. The van der Waals surface area contributed by atoms with Crippen molar-refractivity contribution in [3.05, 3.63) is 74.6 Å². The highest BCUT2D eigenvalue weighted by Crippen LogP contribution is 2.34. The highest BCUT2D eigenvalue weighted by Gasteiger charge is 2.37. The Kier molecular flexibility index (Phi) is 4.67. The molecule has 0 unspecified atom stereocenters. The maximum atomic E-state index is 14.0. The van der Waals surface area contributed by atoms with Crippen LogP contribution in [0.25, 0.3) is 6.08 Å². The van der Waals surface area contributed by atoms with E-state index in [0.717, 1.165) is 12.1 Å². The molecule has 1 heterocycles. The second kappa shape index (κ2) is 6.83. The summed E-state index contributed by atoms with van der Waals surface area (Å²) in [6.07, 6.45) is 1.15. The van der Waals surface area contributed by atoms with Crippen molar-refractivity contribution in [1.82, 2.24) is 0 Å². The smallest absolute Gasteiger partial charge is 0.267 e. The summed E-state index contributed by atoms with van der Waals surface area (Å²) in [6, 6.07) is 5.11. The molecule has 11 heteroatoms. The van der Waals surface area contributed by atoms with Gasteiger partial charge in [-0.05, 0) is 18.6 Å². The molecule has 2 aromatic carbocycles. The zero-order valence-electron chi connectivity index (χ0n) is 13.8. The number of amides is 1. The first-order chi connectivity index (χ1) is 13.1. The average Bonchev–Trinajstić information content (AvgIpc) is 2.93. The Labute approximate surface area is 153 Å². The van der Waals surface area contributed by atoms with Crippen LogP contribution in [-0.2, 0) is 4.79 Å². The summed E-state index contributed by atoms with van der Waals surface area (Å²) >= 11 is 0. The number of hydrazone groups is 1. The van der Waals surface area contributed by atoms with Crippen molar-refractivity contribution in [2.75, 3.05) is 5.01 Å². The highest BCUT2D eigenvalue weighted by molar-refractivity contribution is 6.32. The molecule has 6 nitrogen and oxygen atoms in total. The molecule has 1 amide bonds. The van der Waals surface area contributed by atoms with Gasteiger partial charge in [0, 0.05) is 12.1 Å². The van der Waals surface area contributed by atoms with Crippen LogP contribution < -0.4 is 5.01 Å². The fraction of sp³-hybridized carbons (Fsp3) is 0.0588. The lowest BCUT2D eigenvalue weighted by Crippen LogP contribution is -2.25. The summed E-state index contributed by atoms with van der Waals surface area (Å²) in [5.41, 5.74) is -1.90. The number of nitrogens with zero attached hydrogens (tertiary/aromatic N) is 3. The lowest BCUT2D eigenvalue weighted by molar-refractivity contribution is -0.384. The number of anilines is 1. The molecule has 2 aromatic rings. The van der Waals surface area contributed by atoms with E-state index in [9.17, 15) is 36.9 Å². The minimum Gasteiger partial charge on any atom is -0.267 e. The lowest BCUT2D eigenvalue weighted by atomic mass is 10.1. The van der Waals surface area contributed by atoms with Crippen LogP contribution in [0, 0.1) is 39.2 Å². The fourth-order valence-electron chi connectivity index (χ4n) is 2.51. The maximum Gasteiger partial charge on any atom is 0.280 e. The minimum absolute atomic E-state index is 0.0643. The third-order valence-corrected chi connectivity index (χ3v) is 3.85. The van der Waals surface area contributed by atoms with Gasteiger partial charge in [-0.15, -0.1) is 0 Å². The van der Waals surface area contributed by atoms with Crippen LogP contribution in [-0.4, -0.2) is 16.5 Å². The summed E-state index contributed by atoms with van der Waals surface area (Å²) in [6.45, 7) is 1.27. The molecule has 1 aliphatic heterocycles. The van der Waals surface area contributed by atoms with Crippen LogP contribution in [0.1, 0.15) is 12.5 Å². The van der Waals surface area contributed by atoms with Gasteiger partial charge in [-0.2, -0.15) is 10.1 Å². The first kappa shape index (κ1) is 19.1. The fourth-order valence-corrected chi connectivity index (χ4v) is 2.51. The molecule has 1 aliphatic rings. The van der Waals surface area contributed by atoms with Crippen molar-refractivity contribution in [3.63, 3.8) is 0 Å². The summed E-state index contributed by atoms with van der Waals surface area (Å²) in [7, 11) is 0. The molecule has 0 fully saturated rings. The standard InChI is InChI=1S/C17H8F5N3O3/c1-7-10(6-8-3-2-4-9(5-8)25(27)28)17(26)24(23-7)16-14(21)12(19)11(18)13(20)15(16)22/h2-6H,1H3/b10-6+. The van der Waals surface area contributed by atoms with Crippen molar-refractivity contribution < 1.29 is 31.7 Å². The molecule has 0 aromatic heterocycles. The summed E-state index contributed by atoms with van der Waals surface area (Å²) < 4.78 is 68.0. The Balaban J connectivity index is 2.08. The molecule has 0 spiro atoms. The molecule has 144 valence electrons. The maximum absolute atomic E-state index is 14.0. The minimum atomic E-state index is -2.36. The zero-order valence-corrected chi connectivity index (χ0v) is 13.8. The average molecular weight is 397 g/mol. The van der Waals surface area contributed by atoms with E-state index in [2.05, 4.69) is 5.10 Å². The number of halogens is 5. The predicted octanol–water partition coefficient (Wildman–Crippen LogP) is 4.10. The number of benzene rings is 2. The van der Waals surface area contributed by atoms with Crippen molar-refractivity contribution >= 4 is 29.1 Å². The Morgan fingerprint density at radius 2 is 1.61 bits per heavy atom. The Hall–Kier alpha value is -3.63. The van der Waals surface area contributed by atoms with Gasteiger partial charge in [0.05, 0.1) is 16.2 Å². The molecule has 0 N–H and O–H groups in total. The highest BCUT2D eigenvalue weighted by atomic mass is 19.2. The second-order valence-corrected chi connectivity index (χ2v) is 5.63. The molecule has 28 heavy (non-hydrogen) atoms. The van der Waals surface area contributed by atoms with E-state index in [0.29, 0.717) is 0 Å². The van der Waals surface area contributed by atoms with Crippen LogP contribution in [0.4, 0.5) is 33.3 Å². The van der Waals surface area contributed by atoms with Gasteiger partial charge in [0.2, 0.25) is 5.82 Å². The van der Waals surface area contributed by atoms with Crippen LogP contribution >= 0.6 is 0 Å². The monoisotopic (exact) mass is 397 g/mol. The molecule has 3 rings (SSSR count). The predicted molar refractivity (Wildman–Crippen MR) is 87.9 cm³/mol. The van der Waals surface area contributed by atoms with Gasteiger partial charge in [0.1, 0.15) is 5.69 Å². The first-order valence-electron chi connectivity index (χ1n) is 7.51. The van der Waals surface area contributed by atoms with E-state index < -0.39 is 45.6 Å². The van der Waals surface area contributed by atoms with E-state index in [1.165, 1.54) is 25.1 Å². The van der Waals surface area contributed by atoms with Gasteiger partial charge in [-0.1, -0.05) is 12.1 Å². The van der Waals surface area contributed by atoms with Crippen molar-refractivity contribution in [2.24, 2.45) is 5.10 Å². The van der Waals surface area contributed by atoms with Crippen LogP contribution in [0.5, 0.6) is 0 Å². The number of hydrogen-bond donors (Lipinski definition) is 0. The molecule has 0 bridgehead atoms. The van der Waals surface area contributed by atoms with Crippen LogP contribution in [0.3, 0.4) is 0 Å². The molecule has 0 radical (unpaired) electrons. The summed E-state index contributed by atoms with van der Waals surface area (Å²) in [4.78, 5) is 22.6. The van der Waals surface area contributed by atoms with Gasteiger partial charge in [-0.25, -0.2) is 22.0 Å². The molecular formula is C17H8F5N3O3. The van der Waals surface area contributed by atoms with Gasteiger partial charge in [0.15, 0.2) is 23.3 Å². The van der Waals surface area contributed by atoms with E-state index in [1.807, 2.05) is 0 Å². The van der Waals surface area contributed by atoms with Crippen LogP contribution in [0.2, 0.25) is 0 Å². The number of rotatable bonds is 3. The molecule has 0 saturated carbocycles. The van der Waals surface area contributed by atoms with E-state index >= 15 is 0 Å². The Morgan fingerprint density at radius 3 is 2.18 bits per heavy atom. The van der Waals surface area contributed by atoms with E-state index in [1.54, 1.807) is 0 Å². The topological polar surface area (TPSA) is 75.8 Å². The third-order valence-electron chi connectivity index (χ3n) is 3.85. The van der Waals surface area contributed by atoms with Gasteiger partial charge in [-0.3, -0.25) is 14.9 Å². The summed E-state index contributed by atoms with van der Waals surface area (Å²) in [5.74, 6) is -12.4. The summed E-state index contributed by atoms with van der Waals surface area (Å²) in [5, 5.41) is 14.5. The molecular weight excluding hydrogens is 389 g/mol. The van der Waals surface area contributed by atoms with Gasteiger partial charge < -0.3 is 0 Å². The molecule has 0 atom stereocenters. The van der Waals surface area contributed by atoms with Gasteiger partial charge >= 0.3 is 0 Å². The quantitative estimate of drug-likeness (QED) is 0.195. The second-order valence-electron chi connectivity index (χ2n) is 5.63. The van der Waals surface area contributed by atoms with E-state index in [4.69, 9.17) is 0 Å². The largest absolute Gasteiger partial charge is 0.280 e. The number of nitro groups is 1. The van der Waals surface area contributed by atoms with Crippen LogP contribution in [0.15, 0.2) is 34.9 Å². The Morgan fingerprint density at radius 1 is 1.04 bits per heavy atom. The molecule has 0 aliphatic carbocycles. The Bertz CT molecular complexity index is 1070. The SMILES string of the molecule is CC1=NN(c2c(F)c(F)c(F)c(F)c2F)C(=O)/C1=C/c1cccc([N+](=O)[O-])c1. The number of carbonyl (C=O) groups is 1. The number of carbonyl (C=O) groups excluding carboxylic acids is 1. The third kappa shape index (κ3) is 3.00. The zero-order chi connectivity index (χ0) is 20.7. The van der Waals surface area contributed by atoms with Crippen molar-refractivity contribution in [3.8, 4) is 0 Å². The number of non-ortho nitro benzene ring substituents is 1. The molecule has 0 saturated heterocycles. The van der Waals surface area contributed by atoms with E-state index in [-0.39, 0.29) is 27.5 Å². The first-order valence-corrected chi connectivity index (χ1v) is 7.51. The van der Waals surface area contributed by atoms with Crippen molar-refractivity contribution in [2.45, 2.75) is 6.92 Å². The normalized spacial score (nSPS) is 15.4. The van der Waals surface area contributed by atoms with Crippen molar-refractivity contribution in [1.29, 1.82) is 0 Å².